The molecule has 25 heavy (non-hydrogen) atoms. The van der Waals surface area contributed by atoms with Crippen LogP contribution in [0.5, 0.6) is 11.5 Å². The number of anilines is 1. The summed E-state index contributed by atoms with van der Waals surface area (Å²) < 4.78 is 11.7. The summed E-state index contributed by atoms with van der Waals surface area (Å²) >= 11 is 1.43. The van der Waals surface area contributed by atoms with Gasteiger partial charge in [0.15, 0.2) is 16.6 Å². The van der Waals surface area contributed by atoms with Crippen molar-refractivity contribution in [2.24, 2.45) is 0 Å². The molecule has 2 aromatic carbocycles. The molecule has 0 fully saturated rings. The number of fused-ring (bicyclic) bond motifs is 2. The number of hydrogen-bond donors (Lipinski definition) is 1. The van der Waals surface area contributed by atoms with Gasteiger partial charge in [0.1, 0.15) is 0 Å². The number of aromatic nitrogens is 1. The second kappa shape index (κ2) is 6.37. The van der Waals surface area contributed by atoms with E-state index < -0.39 is 0 Å². The SMILES string of the molecule is CC(C)c1ccc(CC(=O)Nc2nc3cc4c(cc3s2)OCO4)cc1. The number of hydrogen-bond acceptors (Lipinski definition) is 5. The Balaban J connectivity index is 1.46. The Morgan fingerprint density at radius 2 is 1.92 bits per heavy atom. The van der Waals surface area contributed by atoms with Gasteiger partial charge in [-0.3, -0.25) is 4.79 Å². The minimum Gasteiger partial charge on any atom is -0.454 e. The Hall–Kier alpha value is -2.60. The van der Waals surface area contributed by atoms with Crippen molar-refractivity contribution < 1.29 is 14.3 Å². The number of nitrogens with one attached hydrogen (secondary N) is 1. The van der Waals surface area contributed by atoms with Crippen molar-refractivity contribution in [2.75, 3.05) is 12.1 Å². The third-order valence-corrected chi connectivity index (χ3v) is 5.07. The molecule has 1 N–H and O–H groups in total. The van der Waals surface area contributed by atoms with Crippen LogP contribution in [0.1, 0.15) is 30.9 Å². The smallest absolute Gasteiger partial charge is 0.231 e. The molecule has 0 radical (unpaired) electrons. The maximum atomic E-state index is 12.3. The van der Waals surface area contributed by atoms with Gasteiger partial charge in [-0.2, -0.15) is 0 Å². The summed E-state index contributed by atoms with van der Waals surface area (Å²) in [6.07, 6.45) is 0.330. The zero-order valence-corrected chi connectivity index (χ0v) is 14.9. The second-order valence-corrected chi connectivity index (χ2v) is 7.34. The molecular formula is C19H18N2O3S. The van der Waals surface area contributed by atoms with Gasteiger partial charge >= 0.3 is 0 Å². The lowest BCUT2D eigenvalue weighted by Gasteiger charge is -2.06. The molecule has 1 aliphatic rings. The average Bonchev–Trinajstić information content (AvgIpc) is 3.17. The van der Waals surface area contributed by atoms with Gasteiger partial charge in [-0.15, -0.1) is 0 Å². The summed E-state index contributed by atoms with van der Waals surface area (Å²) in [6, 6.07) is 11.9. The van der Waals surface area contributed by atoms with Crippen LogP contribution >= 0.6 is 11.3 Å². The van der Waals surface area contributed by atoms with Crippen molar-refractivity contribution in [1.29, 1.82) is 0 Å². The first-order chi connectivity index (χ1) is 12.1. The molecule has 0 saturated heterocycles. The Morgan fingerprint density at radius 1 is 1.20 bits per heavy atom. The van der Waals surface area contributed by atoms with Crippen LogP contribution in [-0.4, -0.2) is 17.7 Å². The minimum absolute atomic E-state index is 0.0728. The van der Waals surface area contributed by atoms with E-state index in [0.717, 1.165) is 21.5 Å². The Morgan fingerprint density at radius 3 is 2.64 bits per heavy atom. The summed E-state index contributed by atoms with van der Waals surface area (Å²) in [5.41, 5.74) is 3.06. The summed E-state index contributed by atoms with van der Waals surface area (Å²) in [4.78, 5) is 16.7. The molecule has 4 rings (SSSR count). The predicted molar refractivity (Wildman–Crippen MR) is 98.6 cm³/mol. The van der Waals surface area contributed by atoms with Crippen LogP contribution in [0, 0.1) is 0 Å². The van der Waals surface area contributed by atoms with E-state index >= 15 is 0 Å². The third-order valence-electron chi connectivity index (χ3n) is 4.14. The highest BCUT2D eigenvalue weighted by Gasteiger charge is 2.17. The third kappa shape index (κ3) is 3.30. The zero-order chi connectivity index (χ0) is 17.4. The fraction of sp³-hybridized carbons (Fsp3) is 0.263. The molecule has 6 heteroatoms. The summed E-state index contributed by atoms with van der Waals surface area (Å²) in [5, 5.41) is 3.46. The summed E-state index contributed by atoms with van der Waals surface area (Å²) in [5.74, 6) is 1.83. The Kier molecular flexibility index (Phi) is 4.05. The van der Waals surface area contributed by atoms with E-state index in [1.54, 1.807) is 0 Å². The van der Waals surface area contributed by atoms with E-state index in [1.165, 1.54) is 16.9 Å². The van der Waals surface area contributed by atoms with Crippen LogP contribution in [0.3, 0.4) is 0 Å². The second-order valence-electron chi connectivity index (χ2n) is 6.31. The predicted octanol–water partition coefficient (Wildman–Crippen LogP) is 4.33. The average molecular weight is 354 g/mol. The van der Waals surface area contributed by atoms with E-state index in [0.29, 0.717) is 23.2 Å². The quantitative estimate of drug-likeness (QED) is 0.757. The molecule has 0 atom stereocenters. The molecule has 0 unspecified atom stereocenters. The summed E-state index contributed by atoms with van der Waals surface area (Å²) in [7, 11) is 0. The van der Waals surface area contributed by atoms with Crippen molar-refractivity contribution in [3.8, 4) is 11.5 Å². The molecule has 1 amide bonds. The number of ether oxygens (including phenoxy) is 2. The van der Waals surface area contributed by atoms with Gasteiger partial charge in [0.05, 0.1) is 16.6 Å². The summed E-state index contributed by atoms with van der Waals surface area (Å²) in [6.45, 7) is 4.55. The maximum absolute atomic E-state index is 12.3. The highest BCUT2D eigenvalue weighted by molar-refractivity contribution is 7.22. The first-order valence-corrected chi connectivity index (χ1v) is 8.99. The highest BCUT2D eigenvalue weighted by Crippen LogP contribution is 2.38. The Bertz CT molecular complexity index is 891. The number of carbonyl (C=O) groups excluding carboxylic acids is 1. The molecule has 0 aliphatic carbocycles. The standard InChI is InChI=1S/C19H18N2O3S/c1-11(2)13-5-3-12(4-6-13)7-18(22)21-19-20-14-8-15-16(24-10-23-15)9-17(14)25-19/h3-6,8-9,11H,7,10H2,1-2H3,(H,20,21,22). The minimum atomic E-state index is -0.0728. The molecule has 1 aliphatic heterocycles. The normalized spacial score (nSPS) is 12.8. The fourth-order valence-corrected chi connectivity index (χ4v) is 3.63. The lowest BCUT2D eigenvalue weighted by molar-refractivity contribution is -0.115. The molecule has 0 bridgehead atoms. The molecule has 5 nitrogen and oxygen atoms in total. The lowest BCUT2D eigenvalue weighted by atomic mass is 10.0. The van der Waals surface area contributed by atoms with Gasteiger partial charge in [0, 0.05) is 12.1 Å². The first kappa shape index (κ1) is 15.9. The lowest BCUT2D eigenvalue weighted by Crippen LogP contribution is -2.14. The van der Waals surface area contributed by atoms with Gasteiger partial charge in [-0.25, -0.2) is 4.98 Å². The van der Waals surface area contributed by atoms with E-state index in [-0.39, 0.29) is 12.7 Å². The molecule has 1 aromatic heterocycles. The van der Waals surface area contributed by atoms with Crippen molar-refractivity contribution in [2.45, 2.75) is 26.2 Å². The van der Waals surface area contributed by atoms with E-state index in [9.17, 15) is 4.79 Å². The Labute approximate surface area is 149 Å². The van der Waals surface area contributed by atoms with Crippen LogP contribution in [0.4, 0.5) is 5.13 Å². The van der Waals surface area contributed by atoms with E-state index in [1.807, 2.05) is 24.3 Å². The maximum Gasteiger partial charge on any atom is 0.231 e. The molecule has 0 spiro atoms. The first-order valence-electron chi connectivity index (χ1n) is 8.17. The van der Waals surface area contributed by atoms with E-state index in [2.05, 4.69) is 36.3 Å². The van der Waals surface area contributed by atoms with Gasteiger partial charge in [0.25, 0.3) is 0 Å². The van der Waals surface area contributed by atoms with Gasteiger partial charge in [-0.1, -0.05) is 49.4 Å². The number of thiazole rings is 1. The molecule has 128 valence electrons. The topological polar surface area (TPSA) is 60.5 Å². The zero-order valence-electron chi connectivity index (χ0n) is 14.0. The van der Waals surface area contributed by atoms with Crippen LogP contribution in [-0.2, 0) is 11.2 Å². The molecule has 3 aromatic rings. The van der Waals surface area contributed by atoms with Gasteiger partial charge < -0.3 is 14.8 Å². The van der Waals surface area contributed by atoms with Crippen molar-refractivity contribution >= 4 is 32.6 Å². The van der Waals surface area contributed by atoms with E-state index in [4.69, 9.17) is 9.47 Å². The monoisotopic (exact) mass is 354 g/mol. The molecular weight excluding hydrogens is 336 g/mol. The van der Waals surface area contributed by atoms with Crippen LogP contribution in [0.15, 0.2) is 36.4 Å². The van der Waals surface area contributed by atoms with Crippen LogP contribution in [0.2, 0.25) is 0 Å². The van der Waals surface area contributed by atoms with Gasteiger partial charge in [0.2, 0.25) is 12.7 Å². The molecule has 0 saturated carbocycles. The van der Waals surface area contributed by atoms with Gasteiger partial charge in [-0.05, 0) is 17.0 Å². The van der Waals surface area contributed by atoms with Crippen molar-refractivity contribution in [3.63, 3.8) is 0 Å². The number of carbonyl (C=O) groups is 1. The largest absolute Gasteiger partial charge is 0.454 e. The van der Waals surface area contributed by atoms with Crippen molar-refractivity contribution in [1.82, 2.24) is 4.98 Å². The van der Waals surface area contributed by atoms with Crippen molar-refractivity contribution in [3.05, 3.63) is 47.5 Å². The fourth-order valence-electron chi connectivity index (χ4n) is 2.74. The molecule has 2 heterocycles. The van der Waals surface area contributed by atoms with Crippen LogP contribution < -0.4 is 14.8 Å². The number of nitrogens with zero attached hydrogens (tertiary/aromatic N) is 1. The number of rotatable bonds is 4. The number of amides is 1. The highest BCUT2D eigenvalue weighted by atomic mass is 32.1. The number of benzene rings is 2. The van der Waals surface area contributed by atoms with Crippen LogP contribution in [0.25, 0.3) is 10.2 Å².